The molecular weight excluding hydrogens is 389 g/mol. The Hall–Kier alpha value is -3.17. The van der Waals surface area contributed by atoms with E-state index in [2.05, 4.69) is 15.3 Å². The number of hydrogen-bond acceptors (Lipinski definition) is 5. The molecule has 0 radical (unpaired) electrons. The Morgan fingerprint density at radius 3 is 2.90 bits per heavy atom. The molecule has 2 unspecified atom stereocenters. The molecule has 4 heterocycles. The average Bonchev–Trinajstić information content (AvgIpc) is 3.28. The second kappa shape index (κ2) is 7.02. The minimum atomic E-state index is -4.66. The lowest BCUT2D eigenvalue weighted by atomic mass is 9.98. The highest BCUT2D eigenvalue weighted by atomic mass is 19.4. The number of carbonyl (C=O) groups is 2. The molecule has 29 heavy (non-hydrogen) atoms. The van der Waals surface area contributed by atoms with E-state index in [4.69, 9.17) is 4.74 Å². The fraction of sp³-hybridized carbons (Fsp3) is 0.368. The Kier molecular flexibility index (Phi) is 4.64. The number of amides is 1. The molecule has 1 amide bonds. The van der Waals surface area contributed by atoms with Gasteiger partial charge in [0.25, 0.3) is 0 Å². The highest BCUT2D eigenvalue weighted by Crippen LogP contribution is 2.33. The van der Waals surface area contributed by atoms with E-state index >= 15 is 0 Å². The minimum Gasteiger partial charge on any atom is -0.474 e. The van der Waals surface area contributed by atoms with E-state index < -0.39 is 11.9 Å². The Morgan fingerprint density at radius 2 is 2.21 bits per heavy atom. The van der Waals surface area contributed by atoms with Crippen LogP contribution in [0.2, 0.25) is 0 Å². The Morgan fingerprint density at radius 1 is 1.41 bits per heavy atom. The molecular formula is C19H17F3N4O3. The zero-order valence-electron chi connectivity index (χ0n) is 15.4. The van der Waals surface area contributed by atoms with Gasteiger partial charge < -0.3 is 10.1 Å². The molecule has 1 aliphatic rings. The van der Waals surface area contributed by atoms with E-state index in [1.54, 1.807) is 6.07 Å². The maximum absolute atomic E-state index is 13.2. The van der Waals surface area contributed by atoms with Crippen LogP contribution in [0.4, 0.5) is 13.2 Å². The van der Waals surface area contributed by atoms with Crippen molar-refractivity contribution in [1.29, 1.82) is 0 Å². The summed E-state index contributed by atoms with van der Waals surface area (Å²) in [6.07, 6.45) is -0.724. The number of aldehydes is 1. The number of hydrogen-bond donors (Lipinski definition) is 1. The molecule has 10 heteroatoms. The highest BCUT2D eigenvalue weighted by Gasteiger charge is 2.35. The summed E-state index contributed by atoms with van der Waals surface area (Å²) in [5, 5.41) is 3.33. The van der Waals surface area contributed by atoms with Crippen molar-refractivity contribution in [2.45, 2.75) is 32.0 Å². The molecule has 3 aromatic heterocycles. The first-order valence-corrected chi connectivity index (χ1v) is 9.07. The van der Waals surface area contributed by atoms with E-state index in [1.807, 2.05) is 6.92 Å². The van der Waals surface area contributed by atoms with Crippen molar-refractivity contribution in [3.63, 3.8) is 0 Å². The van der Waals surface area contributed by atoms with E-state index in [1.165, 1.54) is 16.7 Å². The number of nitrogens with one attached hydrogen (secondary N) is 1. The Labute approximate surface area is 162 Å². The number of nitrogens with zero attached hydrogens (tertiary/aromatic N) is 3. The van der Waals surface area contributed by atoms with Crippen LogP contribution in [-0.2, 0) is 11.0 Å². The number of carbonyl (C=O) groups excluding carboxylic acids is 2. The summed E-state index contributed by atoms with van der Waals surface area (Å²) in [7, 11) is 0. The lowest BCUT2D eigenvalue weighted by Crippen LogP contribution is -2.34. The number of alkyl halides is 3. The number of ether oxygens (including phenoxy) is 1. The topological polar surface area (TPSA) is 85.6 Å². The molecule has 1 N–H and O–H groups in total. The van der Waals surface area contributed by atoms with Gasteiger partial charge in [-0.05, 0) is 18.1 Å². The smallest absolute Gasteiger partial charge is 0.434 e. The van der Waals surface area contributed by atoms with Gasteiger partial charge in [-0.15, -0.1) is 0 Å². The maximum Gasteiger partial charge on any atom is 0.434 e. The Balaban J connectivity index is 1.79. The van der Waals surface area contributed by atoms with Crippen LogP contribution in [0.3, 0.4) is 0 Å². The van der Waals surface area contributed by atoms with E-state index in [0.717, 1.165) is 12.6 Å². The SMILES string of the molecule is CCC1CC(=O)NC1COc1nccc2cc(C=O)c3nc(C(F)(F)F)cn3c12. The van der Waals surface area contributed by atoms with Crippen LogP contribution < -0.4 is 10.1 Å². The van der Waals surface area contributed by atoms with Gasteiger partial charge >= 0.3 is 6.18 Å². The van der Waals surface area contributed by atoms with Crippen molar-refractivity contribution in [2.24, 2.45) is 5.92 Å². The van der Waals surface area contributed by atoms with Gasteiger partial charge in [0.2, 0.25) is 11.8 Å². The Bertz CT molecular complexity index is 1110. The molecule has 7 nitrogen and oxygen atoms in total. The molecule has 0 saturated carbocycles. The molecule has 0 spiro atoms. The first-order valence-electron chi connectivity index (χ1n) is 9.07. The summed E-state index contributed by atoms with van der Waals surface area (Å²) in [5.41, 5.74) is -0.942. The number of fused-ring (bicyclic) bond motifs is 3. The third-order valence-electron chi connectivity index (χ3n) is 5.14. The third-order valence-corrected chi connectivity index (χ3v) is 5.14. The summed E-state index contributed by atoms with van der Waals surface area (Å²) in [5.74, 6) is 0.162. The van der Waals surface area contributed by atoms with Gasteiger partial charge in [0.05, 0.1) is 11.6 Å². The van der Waals surface area contributed by atoms with Crippen LogP contribution in [0.1, 0.15) is 35.8 Å². The predicted octanol–water partition coefficient (Wildman–Crippen LogP) is 3.01. The van der Waals surface area contributed by atoms with Gasteiger partial charge in [-0.1, -0.05) is 13.3 Å². The number of halogens is 3. The van der Waals surface area contributed by atoms with Crippen LogP contribution >= 0.6 is 0 Å². The summed E-state index contributed by atoms with van der Waals surface area (Å²) < 4.78 is 46.5. The van der Waals surface area contributed by atoms with Crippen LogP contribution in [0.5, 0.6) is 5.88 Å². The standard InChI is InChI=1S/C19H17F3N4O3/c1-2-10-6-15(28)24-13(10)9-29-18-16-11(3-4-23-18)5-12(8-27)17-25-14(7-26(16)17)19(20,21)22/h3-5,7-8,10,13H,2,6,9H2,1H3,(H,24,28). The lowest BCUT2D eigenvalue weighted by molar-refractivity contribution is -0.140. The van der Waals surface area contributed by atoms with Crippen molar-refractivity contribution in [2.75, 3.05) is 6.61 Å². The van der Waals surface area contributed by atoms with Crippen LogP contribution in [0, 0.1) is 5.92 Å². The zero-order valence-corrected chi connectivity index (χ0v) is 15.4. The largest absolute Gasteiger partial charge is 0.474 e. The molecule has 1 fully saturated rings. The van der Waals surface area contributed by atoms with Crippen molar-refractivity contribution in [3.8, 4) is 5.88 Å². The van der Waals surface area contributed by atoms with Gasteiger partial charge in [0.15, 0.2) is 12.0 Å². The predicted molar refractivity (Wildman–Crippen MR) is 96.7 cm³/mol. The average molecular weight is 406 g/mol. The number of rotatable bonds is 5. The molecule has 152 valence electrons. The quantitative estimate of drug-likeness (QED) is 0.659. The van der Waals surface area contributed by atoms with Crippen molar-refractivity contribution in [3.05, 3.63) is 35.8 Å². The molecule has 2 atom stereocenters. The van der Waals surface area contributed by atoms with E-state index in [-0.39, 0.29) is 47.1 Å². The summed E-state index contributed by atoms with van der Waals surface area (Å²) in [6, 6.07) is 2.82. The second-order valence-electron chi connectivity index (χ2n) is 6.95. The molecule has 0 aliphatic carbocycles. The van der Waals surface area contributed by atoms with Crippen LogP contribution in [-0.4, -0.2) is 39.2 Å². The van der Waals surface area contributed by atoms with Gasteiger partial charge in [-0.25, -0.2) is 9.97 Å². The fourth-order valence-corrected chi connectivity index (χ4v) is 3.66. The lowest BCUT2D eigenvalue weighted by Gasteiger charge is -2.18. The van der Waals surface area contributed by atoms with E-state index in [0.29, 0.717) is 18.1 Å². The first kappa shape index (κ1) is 19.2. The van der Waals surface area contributed by atoms with Gasteiger partial charge in [-0.3, -0.25) is 14.0 Å². The summed E-state index contributed by atoms with van der Waals surface area (Å²) >= 11 is 0. The molecule has 1 aliphatic heterocycles. The molecule has 0 aromatic carbocycles. The second-order valence-corrected chi connectivity index (χ2v) is 6.95. The third kappa shape index (κ3) is 3.39. The monoisotopic (exact) mass is 406 g/mol. The van der Waals surface area contributed by atoms with Crippen LogP contribution in [0.15, 0.2) is 24.5 Å². The summed E-state index contributed by atoms with van der Waals surface area (Å²) in [4.78, 5) is 30.8. The van der Waals surface area contributed by atoms with Crippen molar-refractivity contribution < 1.29 is 27.5 Å². The zero-order chi connectivity index (χ0) is 20.8. The van der Waals surface area contributed by atoms with Gasteiger partial charge in [0.1, 0.15) is 17.8 Å². The molecule has 1 saturated heterocycles. The fourth-order valence-electron chi connectivity index (χ4n) is 3.66. The highest BCUT2D eigenvalue weighted by molar-refractivity contribution is 5.95. The van der Waals surface area contributed by atoms with Gasteiger partial charge in [0, 0.05) is 24.2 Å². The molecule has 3 aromatic rings. The number of aromatic nitrogens is 3. The van der Waals surface area contributed by atoms with Crippen molar-refractivity contribution >= 4 is 28.7 Å². The minimum absolute atomic E-state index is 0.0271. The van der Waals surface area contributed by atoms with Crippen LogP contribution in [0.25, 0.3) is 16.6 Å². The number of imidazole rings is 1. The molecule has 0 bridgehead atoms. The number of pyridine rings is 2. The maximum atomic E-state index is 13.2. The van der Waals surface area contributed by atoms with Gasteiger partial charge in [-0.2, -0.15) is 13.2 Å². The summed E-state index contributed by atoms with van der Waals surface area (Å²) in [6.45, 7) is 2.11. The first-order chi connectivity index (χ1) is 13.8. The van der Waals surface area contributed by atoms with Crippen molar-refractivity contribution in [1.82, 2.24) is 19.7 Å². The molecule has 4 rings (SSSR count). The normalized spacial score (nSPS) is 19.7. The van der Waals surface area contributed by atoms with E-state index in [9.17, 15) is 22.8 Å².